The largest absolute Gasteiger partial charge is 0.355 e. The van der Waals surface area contributed by atoms with Gasteiger partial charge in [0.25, 0.3) is 0 Å². The molecule has 4 nitrogen and oxygen atoms in total. The molecule has 100 valence electrons. The number of halogens is 1. The van der Waals surface area contributed by atoms with Crippen LogP contribution in [0.2, 0.25) is 0 Å². The Morgan fingerprint density at radius 1 is 1.26 bits per heavy atom. The Hall–Kier alpha value is -2.01. The Morgan fingerprint density at radius 2 is 2.05 bits per heavy atom. The van der Waals surface area contributed by atoms with Crippen LogP contribution in [-0.2, 0) is 13.1 Å². The standard InChI is InChI=1S/C14H17FN4/c1-16-9-13-17-8-7-14(18-13)19(2)10-11-5-3-4-6-12(11)15/h3-8,16H,9-10H2,1-2H3. The van der Waals surface area contributed by atoms with Gasteiger partial charge in [0, 0.05) is 25.4 Å². The third-order valence-corrected chi connectivity index (χ3v) is 2.78. The number of hydrogen-bond acceptors (Lipinski definition) is 4. The van der Waals surface area contributed by atoms with E-state index in [1.165, 1.54) is 6.07 Å². The summed E-state index contributed by atoms with van der Waals surface area (Å²) in [5.41, 5.74) is 0.652. The van der Waals surface area contributed by atoms with Gasteiger partial charge in [0.05, 0.1) is 6.54 Å². The lowest BCUT2D eigenvalue weighted by Gasteiger charge is -2.18. The lowest BCUT2D eigenvalue weighted by molar-refractivity contribution is 0.607. The number of nitrogens with one attached hydrogen (secondary N) is 1. The molecule has 2 aromatic rings. The van der Waals surface area contributed by atoms with E-state index >= 15 is 0 Å². The summed E-state index contributed by atoms with van der Waals surface area (Å²) in [6.45, 7) is 1.09. The van der Waals surface area contributed by atoms with E-state index in [9.17, 15) is 4.39 Å². The second-order valence-electron chi connectivity index (χ2n) is 4.31. The first-order chi connectivity index (χ1) is 9.20. The molecule has 0 radical (unpaired) electrons. The summed E-state index contributed by atoms with van der Waals surface area (Å²) >= 11 is 0. The average molecular weight is 260 g/mol. The van der Waals surface area contributed by atoms with Crippen LogP contribution in [0.4, 0.5) is 10.2 Å². The van der Waals surface area contributed by atoms with Crippen LogP contribution in [0.15, 0.2) is 36.5 Å². The summed E-state index contributed by atoms with van der Waals surface area (Å²) in [6, 6.07) is 8.59. The number of nitrogens with zero attached hydrogens (tertiary/aromatic N) is 3. The maximum Gasteiger partial charge on any atom is 0.144 e. The molecule has 0 bridgehead atoms. The molecule has 1 aromatic heterocycles. The summed E-state index contributed by atoms with van der Waals surface area (Å²) in [5, 5.41) is 3.01. The van der Waals surface area contributed by atoms with Crippen LogP contribution < -0.4 is 10.2 Å². The molecule has 0 spiro atoms. The Morgan fingerprint density at radius 3 is 2.79 bits per heavy atom. The molecule has 1 heterocycles. The molecular formula is C14H17FN4. The van der Waals surface area contributed by atoms with Gasteiger partial charge >= 0.3 is 0 Å². The van der Waals surface area contributed by atoms with Gasteiger partial charge in [-0.1, -0.05) is 18.2 Å². The molecule has 0 aliphatic rings. The highest BCUT2D eigenvalue weighted by Gasteiger charge is 2.08. The Bertz CT molecular complexity index is 544. The number of hydrogen-bond donors (Lipinski definition) is 1. The van der Waals surface area contributed by atoms with Gasteiger partial charge in [-0.25, -0.2) is 14.4 Å². The molecule has 0 fully saturated rings. The van der Waals surface area contributed by atoms with Gasteiger partial charge < -0.3 is 10.2 Å². The molecule has 1 N–H and O–H groups in total. The first-order valence-corrected chi connectivity index (χ1v) is 6.12. The molecule has 0 aliphatic heterocycles. The molecule has 0 aliphatic carbocycles. The van der Waals surface area contributed by atoms with Crippen molar-refractivity contribution in [2.75, 3.05) is 19.0 Å². The average Bonchev–Trinajstić information content (AvgIpc) is 2.42. The van der Waals surface area contributed by atoms with E-state index in [1.54, 1.807) is 18.3 Å². The fourth-order valence-corrected chi connectivity index (χ4v) is 1.81. The highest BCUT2D eigenvalue weighted by atomic mass is 19.1. The lowest BCUT2D eigenvalue weighted by atomic mass is 10.2. The van der Waals surface area contributed by atoms with Gasteiger partial charge in [0.1, 0.15) is 17.5 Å². The first kappa shape index (κ1) is 13.4. The molecule has 1 aromatic carbocycles. The topological polar surface area (TPSA) is 41.1 Å². The Labute approximate surface area is 112 Å². The predicted octanol–water partition coefficient (Wildman–Crippen LogP) is 1.97. The smallest absolute Gasteiger partial charge is 0.144 e. The summed E-state index contributed by atoms with van der Waals surface area (Å²) < 4.78 is 13.6. The number of aromatic nitrogens is 2. The lowest BCUT2D eigenvalue weighted by Crippen LogP contribution is -2.20. The molecule has 5 heteroatoms. The molecular weight excluding hydrogens is 243 g/mol. The maximum absolute atomic E-state index is 13.6. The zero-order chi connectivity index (χ0) is 13.7. The maximum atomic E-state index is 13.6. The normalized spacial score (nSPS) is 10.5. The fraction of sp³-hybridized carbons (Fsp3) is 0.286. The van der Waals surface area contributed by atoms with Crippen LogP contribution >= 0.6 is 0 Å². The van der Waals surface area contributed by atoms with Crippen LogP contribution in [0.25, 0.3) is 0 Å². The summed E-state index contributed by atoms with van der Waals surface area (Å²) in [6.07, 6.45) is 1.72. The molecule has 2 rings (SSSR count). The van der Waals surface area contributed by atoms with Crippen LogP contribution in [0.3, 0.4) is 0 Å². The number of benzene rings is 1. The van der Waals surface area contributed by atoms with Crippen molar-refractivity contribution in [3.05, 3.63) is 53.7 Å². The van der Waals surface area contributed by atoms with Crippen LogP contribution in [-0.4, -0.2) is 24.1 Å². The van der Waals surface area contributed by atoms with Crippen molar-refractivity contribution in [3.8, 4) is 0 Å². The summed E-state index contributed by atoms with van der Waals surface area (Å²) in [7, 11) is 3.73. The first-order valence-electron chi connectivity index (χ1n) is 6.12. The Balaban J connectivity index is 2.13. The zero-order valence-electron chi connectivity index (χ0n) is 11.1. The fourth-order valence-electron chi connectivity index (χ4n) is 1.81. The second kappa shape index (κ2) is 6.24. The van der Waals surface area contributed by atoms with Crippen molar-refractivity contribution >= 4 is 5.82 Å². The highest BCUT2D eigenvalue weighted by Crippen LogP contribution is 2.14. The van der Waals surface area contributed by atoms with Crippen LogP contribution in [0.5, 0.6) is 0 Å². The van der Waals surface area contributed by atoms with Crippen molar-refractivity contribution < 1.29 is 4.39 Å². The van der Waals surface area contributed by atoms with Crippen molar-refractivity contribution in [1.82, 2.24) is 15.3 Å². The molecule has 0 saturated heterocycles. The minimum absolute atomic E-state index is 0.196. The minimum atomic E-state index is -0.196. The Kier molecular flexibility index (Phi) is 4.41. The minimum Gasteiger partial charge on any atom is -0.355 e. The third-order valence-electron chi connectivity index (χ3n) is 2.78. The van der Waals surface area contributed by atoms with Gasteiger partial charge in [-0.05, 0) is 19.2 Å². The summed E-state index contributed by atoms with van der Waals surface area (Å²) in [4.78, 5) is 10.5. The quantitative estimate of drug-likeness (QED) is 0.892. The van der Waals surface area contributed by atoms with E-state index in [0.29, 0.717) is 18.7 Å². The van der Waals surface area contributed by atoms with E-state index in [0.717, 1.165) is 11.6 Å². The van der Waals surface area contributed by atoms with Crippen molar-refractivity contribution in [3.63, 3.8) is 0 Å². The van der Waals surface area contributed by atoms with Gasteiger partial charge in [0.2, 0.25) is 0 Å². The van der Waals surface area contributed by atoms with Gasteiger partial charge in [0.15, 0.2) is 0 Å². The van der Waals surface area contributed by atoms with E-state index in [4.69, 9.17) is 0 Å². The predicted molar refractivity (Wildman–Crippen MR) is 73.3 cm³/mol. The van der Waals surface area contributed by atoms with Crippen molar-refractivity contribution in [2.45, 2.75) is 13.1 Å². The highest BCUT2D eigenvalue weighted by molar-refractivity contribution is 5.37. The van der Waals surface area contributed by atoms with Gasteiger partial charge in [-0.2, -0.15) is 0 Å². The zero-order valence-corrected chi connectivity index (χ0v) is 11.1. The van der Waals surface area contributed by atoms with Gasteiger partial charge in [-0.3, -0.25) is 0 Å². The number of rotatable bonds is 5. The van der Waals surface area contributed by atoms with E-state index in [-0.39, 0.29) is 5.82 Å². The third kappa shape index (κ3) is 3.48. The number of anilines is 1. The van der Waals surface area contributed by atoms with Gasteiger partial charge in [-0.15, -0.1) is 0 Å². The van der Waals surface area contributed by atoms with Crippen molar-refractivity contribution in [1.29, 1.82) is 0 Å². The van der Waals surface area contributed by atoms with Crippen molar-refractivity contribution in [2.24, 2.45) is 0 Å². The molecule has 0 amide bonds. The molecule has 0 atom stereocenters. The summed E-state index contributed by atoms with van der Waals surface area (Å²) in [5.74, 6) is 1.31. The van der Waals surface area contributed by atoms with E-state index in [2.05, 4.69) is 15.3 Å². The monoisotopic (exact) mass is 260 g/mol. The van der Waals surface area contributed by atoms with E-state index in [1.807, 2.05) is 31.1 Å². The van der Waals surface area contributed by atoms with Crippen LogP contribution in [0, 0.1) is 5.82 Å². The SMILES string of the molecule is CNCc1nccc(N(C)Cc2ccccc2F)n1. The van der Waals surface area contributed by atoms with Crippen LogP contribution in [0.1, 0.15) is 11.4 Å². The molecule has 0 saturated carbocycles. The molecule has 19 heavy (non-hydrogen) atoms. The molecule has 0 unspecified atom stereocenters. The van der Waals surface area contributed by atoms with E-state index < -0.39 is 0 Å². The second-order valence-corrected chi connectivity index (χ2v) is 4.31.